The maximum Gasteiger partial charge on any atom is 0.335 e. The van der Waals surface area contributed by atoms with Crippen LogP contribution in [0.4, 0.5) is 0 Å². The van der Waals surface area contributed by atoms with Crippen molar-refractivity contribution in [3.63, 3.8) is 0 Å². The number of pyridine rings is 1. The summed E-state index contributed by atoms with van der Waals surface area (Å²) in [5.74, 6) is -1.41. The monoisotopic (exact) mass is 383 g/mol. The summed E-state index contributed by atoms with van der Waals surface area (Å²) in [6.45, 7) is 1.80. The van der Waals surface area contributed by atoms with Gasteiger partial charge in [-0.1, -0.05) is 19.3 Å². The Kier molecular flexibility index (Phi) is 5.85. The highest BCUT2D eigenvalue weighted by molar-refractivity contribution is 5.73. The summed E-state index contributed by atoms with van der Waals surface area (Å²) in [4.78, 5) is 29.3. The second-order valence-electron chi connectivity index (χ2n) is 7.27. The summed E-state index contributed by atoms with van der Waals surface area (Å²) in [6, 6.07) is 3.19. The van der Waals surface area contributed by atoms with E-state index in [1.54, 1.807) is 6.92 Å². The van der Waals surface area contributed by atoms with Crippen LogP contribution in [-0.2, 0) is 9.53 Å². The molecule has 150 valence electrons. The summed E-state index contributed by atoms with van der Waals surface area (Å²) in [6.07, 6.45) is -3.76. The molecular weight excluding hydrogens is 358 g/mol. The third-order valence-corrected chi connectivity index (χ3v) is 5.21. The van der Waals surface area contributed by atoms with Crippen LogP contribution < -0.4 is 10.4 Å². The maximum atomic E-state index is 12.5. The molecule has 9 nitrogen and oxygen atoms in total. The molecule has 3 rings (SSSR count). The minimum Gasteiger partial charge on any atom is -0.479 e. The molecule has 2 heterocycles. The fourth-order valence-corrected chi connectivity index (χ4v) is 3.75. The number of carboxylic acids is 1. The molecule has 9 heteroatoms. The number of carbonyl (C=O) groups is 1. The normalized spacial score (nSPS) is 32.2. The predicted molar refractivity (Wildman–Crippen MR) is 92.2 cm³/mol. The van der Waals surface area contributed by atoms with Crippen molar-refractivity contribution in [1.82, 2.24) is 4.73 Å². The highest BCUT2D eigenvalue weighted by Crippen LogP contribution is 2.32. The molecule has 1 aromatic heterocycles. The van der Waals surface area contributed by atoms with Gasteiger partial charge in [-0.2, -0.15) is 0 Å². The third-order valence-electron chi connectivity index (χ3n) is 5.21. The van der Waals surface area contributed by atoms with Crippen molar-refractivity contribution in [2.24, 2.45) is 0 Å². The molecule has 0 radical (unpaired) electrons. The topological polar surface area (TPSA) is 138 Å². The fraction of sp³-hybridized carbons (Fsp3) is 0.667. The van der Waals surface area contributed by atoms with Gasteiger partial charge in [0.25, 0.3) is 11.8 Å². The number of hydrogen-bond donors (Lipinski definition) is 4. The lowest BCUT2D eigenvalue weighted by Crippen LogP contribution is -2.62. The van der Waals surface area contributed by atoms with E-state index in [0.717, 1.165) is 42.4 Å². The number of aromatic nitrogens is 1. The Hall–Kier alpha value is -1.94. The molecule has 5 atom stereocenters. The molecule has 0 unspecified atom stereocenters. The van der Waals surface area contributed by atoms with E-state index in [4.69, 9.17) is 14.7 Å². The van der Waals surface area contributed by atoms with Crippen LogP contribution in [0, 0.1) is 6.92 Å². The largest absolute Gasteiger partial charge is 0.479 e. The first-order valence-corrected chi connectivity index (χ1v) is 9.13. The van der Waals surface area contributed by atoms with E-state index in [2.05, 4.69) is 0 Å². The number of rotatable bonds is 4. The first-order valence-electron chi connectivity index (χ1n) is 9.13. The van der Waals surface area contributed by atoms with Gasteiger partial charge in [0.15, 0.2) is 6.10 Å². The molecule has 1 aliphatic heterocycles. The van der Waals surface area contributed by atoms with E-state index in [1.807, 2.05) is 6.07 Å². The number of nitrogens with zero attached hydrogens (tertiary/aromatic N) is 1. The van der Waals surface area contributed by atoms with Gasteiger partial charge in [-0.05, 0) is 31.4 Å². The van der Waals surface area contributed by atoms with Crippen LogP contribution in [0.2, 0.25) is 0 Å². The number of hydrogen-bond acceptors (Lipinski definition) is 7. The van der Waals surface area contributed by atoms with Crippen molar-refractivity contribution >= 4 is 5.97 Å². The van der Waals surface area contributed by atoms with Gasteiger partial charge in [-0.15, -0.1) is 4.73 Å². The van der Waals surface area contributed by atoms with Crippen molar-refractivity contribution in [1.29, 1.82) is 0 Å². The van der Waals surface area contributed by atoms with E-state index < -0.39 is 42.2 Å². The molecule has 2 aliphatic rings. The molecule has 27 heavy (non-hydrogen) atoms. The number of aryl methyl sites for hydroxylation is 1. The zero-order valence-electron chi connectivity index (χ0n) is 15.0. The van der Waals surface area contributed by atoms with E-state index in [1.165, 1.54) is 6.07 Å². The highest BCUT2D eigenvalue weighted by atomic mass is 16.8. The molecule has 2 fully saturated rings. The van der Waals surface area contributed by atoms with Crippen molar-refractivity contribution in [3.05, 3.63) is 33.7 Å². The maximum absolute atomic E-state index is 12.5. The first-order chi connectivity index (χ1) is 12.8. The van der Waals surface area contributed by atoms with Crippen LogP contribution in [0.1, 0.15) is 49.3 Å². The van der Waals surface area contributed by atoms with Gasteiger partial charge in [0, 0.05) is 12.0 Å². The van der Waals surface area contributed by atoms with Crippen molar-refractivity contribution < 1.29 is 34.8 Å². The fourth-order valence-electron chi connectivity index (χ4n) is 3.75. The minimum atomic E-state index is -1.81. The predicted octanol–water partition coefficient (Wildman–Crippen LogP) is -0.475. The average molecular weight is 383 g/mol. The van der Waals surface area contributed by atoms with E-state index in [-0.39, 0.29) is 5.92 Å². The first kappa shape index (κ1) is 19.8. The third kappa shape index (κ3) is 4.01. The number of aliphatic hydroxyl groups excluding tert-OH is 3. The zero-order valence-corrected chi connectivity index (χ0v) is 15.0. The Morgan fingerprint density at radius 3 is 2.41 bits per heavy atom. The van der Waals surface area contributed by atoms with E-state index in [0.29, 0.717) is 5.69 Å². The second-order valence-corrected chi connectivity index (χ2v) is 7.27. The number of aliphatic carboxylic acids is 1. The molecule has 1 aliphatic carbocycles. The van der Waals surface area contributed by atoms with Crippen LogP contribution >= 0.6 is 0 Å². The lowest BCUT2D eigenvalue weighted by atomic mass is 9.86. The molecule has 0 amide bonds. The Morgan fingerprint density at radius 1 is 1.11 bits per heavy atom. The number of ether oxygens (including phenoxy) is 1. The second kappa shape index (κ2) is 7.97. The average Bonchev–Trinajstić information content (AvgIpc) is 2.64. The Labute approximate surface area is 155 Å². The zero-order chi connectivity index (χ0) is 19.7. The lowest BCUT2D eigenvalue weighted by molar-refractivity contribution is -0.295. The van der Waals surface area contributed by atoms with Crippen molar-refractivity contribution in [2.45, 2.75) is 75.7 Å². The van der Waals surface area contributed by atoms with E-state index in [9.17, 15) is 24.9 Å². The summed E-state index contributed by atoms with van der Waals surface area (Å²) in [5, 5.41) is 39.0. The SMILES string of the molecule is Cc1cc(C2CCCCC2)n(O[C@H]2O[C@H](C(=O)O)[C@H](O)[C@H](O)[C@H]2O)c(=O)c1. The lowest BCUT2D eigenvalue weighted by Gasteiger charge is -2.38. The summed E-state index contributed by atoms with van der Waals surface area (Å²) in [5.41, 5.74) is 0.922. The Balaban J connectivity index is 1.92. The highest BCUT2D eigenvalue weighted by Gasteiger charge is 2.48. The molecule has 0 bridgehead atoms. The van der Waals surface area contributed by atoms with Gasteiger partial charge in [0.2, 0.25) is 0 Å². The molecule has 1 saturated heterocycles. The van der Waals surface area contributed by atoms with Gasteiger partial charge >= 0.3 is 5.97 Å². The number of aliphatic hydroxyl groups is 3. The van der Waals surface area contributed by atoms with Gasteiger partial charge in [-0.3, -0.25) is 4.79 Å². The summed E-state index contributed by atoms with van der Waals surface area (Å²) < 4.78 is 6.15. The molecule has 0 spiro atoms. The van der Waals surface area contributed by atoms with Crippen LogP contribution in [-0.4, -0.2) is 61.8 Å². The van der Waals surface area contributed by atoms with Crippen molar-refractivity contribution in [2.75, 3.05) is 0 Å². The Bertz CT molecular complexity index is 741. The quantitative estimate of drug-likeness (QED) is 0.547. The molecule has 1 saturated carbocycles. The molecule has 1 aromatic rings. The van der Waals surface area contributed by atoms with E-state index >= 15 is 0 Å². The molecule has 0 aromatic carbocycles. The van der Waals surface area contributed by atoms with Crippen LogP contribution in [0.3, 0.4) is 0 Å². The minimum absolute atomic E-state index is 0.0952. The van der Waals surface area contributed by atoms with Gasteiger partial charge in [-0.25, -0.2) is 4.79 Å². The van der Waals surface area contributed by atoms with Crippen LogP contribution in [0.25, 0.3) is 0 Å². The summed E-state index contributed by atoms with van der Waals surface area (Å²) >= 11 is 0. The number of carboxylic acid groups (broad SMARTS) is 1. The smallest absolute Gasteiger partial charge is 0.335 e. The van der Waals surface area contributed by atoms with Gasteiger partial charge < -0.3 is 30.0 Å². The molecular formula is C18H25NO8. The van der Waals surface area contributed by atoms with Crippen LogP contribution in [0.15, 0.2) is 16.9 Å². The standard InChI is InChI=1S/C18H25NO8/c1-9-7-11(10-5-3-2-4-6-10)19(12(20)8-9)27-18-15(23)13(21)14(22)16(26-18)17(24)25/h7-8,10,13-16,18,21-23H,2-6H2,1H3,(H,24,25)/t13-,14+,15+,16-,18+/m0/s1. The summed E-state index contributed by atoms with van der Waals surface area (Å²) in [7, 11) is 0. The van der Waals surface area contributed by atoms with Crippen LogP contribution in [0.5, 0.6) is 0 Å². The van der Waals surface area contributed by atoms with Crippen molar-refractivity contribution in [3.8, 4) is 0 Å². The molecule has 4 N–H and O–H groups in total. The van der Waals surface area contributed by atoms with Gasteiger partial charge in [0.05, 0.1) is 5.69 Å². The Morgan fingerprint density at radius 2 is 1.78 bits per heavy atom. The van der Waals surface area contributed by atoms with Gasteiger partial charge in [0.1, 0.15) is 18.3 Å².